The van der Waals surface area contributed by atoms with Gasteiger partial charge in [0.15, 0.2) is 0 Å². The van der Waals surface area contributed by atoms with Crippen LogP contribution in [-0.2, 0) is 5.54 Å². The fourth-order valence-corrected chi connectivity index (χ4v) is 3.34. The van der Waals surface area contributed by atoms with Gasteiger partial charge in [0, 0.05) is 38.4 Å². The highest BCUT2D eigenvalue weighted by Crippen LogP contribution is 2.50. The lowest BCUT2D eigenvalue weighted by Crippen LogP contribution is -2.52. The minimum Gasteiger partial charge on any atom is -0.298 e. The van der Waals surface area contributed by atoms with Gasteiger partial charge in [-0.2, -0.15) is 0 Å². The fourth-order valence-electron chi connectivity index (χ4n) is 3.34. The van der Waals surface area contributed by atoms with Crippen molar-refractivity contribution < 1.29 is 0 Å². The van der Waals surface area contributed by atoms with Crippen LogP contribution in [-0.4, -0.2) is 47.0 Å². The van der Waals surface area contributed by atoms with E-state index in [9.17, 15) is 0 Å². The SMILES string of the molecule is CCC(C)N1CCN(C2(c3ccccn3)CC2)CC1. The highest BCUT2D eigenvalue weighted by Gasteiger charge is 2.51. The minimum atomic E-state index is 0.281. The molecule has 19 heavy (non-hydrogen) atoms. The molecule has 3 nitrogen and oxygen atoms in total. The quantitative estimate of drug-likeness (QED) is 0.828. The summed E-state index contributed by atoms with van der Waals surface area (Å²) in [7, 11) is 0. The molecule has 1 saturated heterocycles. The van der Waals surface area contributed by atoms with Gasteiger partial charge in [0.1, 0.15) is 0 Å². The van der Waals surface area contributed by atoms with Crippen LogP contribution >= 0.6 is 0 Å². The van der Waals surface area contributed by atoms with Crippen LogP contribution < -0.4 is 0 Å². The summed E-state index contributed by atoms with van der Waals surface area (Å²) < 4.78 is 0. The van der Waals surface area contributed by atoms with Crippen LogP contribution in [0.4, 0.5) is 0 Å². The zero-order valence-corrected chi connectivity index (χ0v) is 12.2. The standard InChI is InChI=1S/C16H25N3/c1-3-14(2)18-10-12-19(13-11-18)16(7-8-16)15-6-4-5-9-17-15/h4-6,9,14H,3,7-8,10-13H2,1-2H3. The summed E-state index contributed by atoms with van der Waals surface area (Å²) in [6.45, 7) is 9.45. The van der Waals surface area contributed by atoms with Gasteiger partial charge in [-0.3, -0.25) is 14.8 Å². The topological polar surface area (TPSA) is 19.4 Å². The molecule has 3 heteroatoms. The van der Waals surface area contributed by atoms with Gasteiger partial charge in [0.05, 0.1) is 11.2 Å². The Balaban J connectivity index is 1.66. The van der Waals surface area contributed by atoms with Crippen molar-refractivity contribution in [3.63, 3.8) is 0 Å². The Morgan fingerprint density at radius 1 is 1.21 bits per heavy atom. The summed E-state index contributed by atoms with van der Waals surface area (Å²) in [5, 5.41) is 0. The number of nitrogens with zero attached hydrogens (tertiary/aromatic N) is 3. The van der Waals surface area contributed by atoms with Gasteiger partial charge >= 0.3 is 0 Å². The Hall–Kier alpha value is -0.930. The maximum absolute atomic E-state index is 4.60. The molecule has 1 saturated carbocycles. The van der Waals surface area contributed by atoms with Gasteiger partial charge < -0.3 is 0 Å². The van der Waals surface area contributed by atoms with E-state index in [2.05, 4.69) is 40.8 Å². The van der Waals surface area contributed by atoms with E-state index in [0.29, 0.717) is 0 Å². The predicted molar refractivity (Wildman–Crippen MR) is 78.0 cm³/mol. The van der Waals surface area contributed by atoms with Crippen LogP contribution in [0, 0.1) is 0 Å². The van der Waals surface area contributed by atoms with Crippen molar-refractivity contribution in [1.29, 1.82) is 0 Å². The van der Waals surface area contributed by atoms with Crippen molar-refractivity contribution in [2.45, 2.75) is 44.7 Å². The number of hydrogen-bond acceptors (Lipinski definition) is 3. The Bertz CT molecular complexity index is 405. The molecule has 0 aromatic carbocycles. The molecule has 0 amide bonds. The van der Waals surface area contributed by atoms with E-state index < -0.39 is 0 Å². The predicted octanol–water partition coefficient (Wildman–Crippen LogP) is 2.49. The van der Waals surface area contributed by atoms with Crippen molar-refractivity contribution in [2.24, 2.45) is 0 Å². The van der Waals surface area contributed by atoms with Crippen molar-refractivity contribution in [1.82, 2.24) is 14.8 Å². The monoisotopic (exact) mass is 259 g/mol. The first-order valence-corrected chi connectivity index (χ1v) is 7.67. The van der Waals surface area contributed by atoms with Gasteiger partial charge in [-0.15, -0.1) is 0 Å². The summed E-state index contributed by atoms with van der Waals surface area (Å²) in [4.78, 5) is 9.91. The maximum atomic E-state index is 4.60. The summed E-state index contributed by atoms with van der Waals surface area (Å²) in [5.41, 5.74) is 1.56. The average molecular weight is 259 g/mol. The first kappa shape index (κ1) is 13.1. The van der Waals surface area contributed by atoms with Crippen molar-refractivity contribution in [2.75, 3.05) is 26.2 Å². The minimum absolute atomic E-state index is 0.281. The first-order chi connectivity index (χ1) is 9.26. The molecule has 1 unspecified atom stereocenters. The molecule has 1 aromatic heterocycles. The van der Waals surface area contributed by atoms with Crippen LogP contribution in [0.1, 0.15) is 38.8 Å². The molecule has 1 aromatic rings. The summed E-state index contributed by atoms with van der Waals surface area (Å²) >= 11 is 0. The highest BCUT2D eigenvalue weighted by molar-refractivity contribution is 5.23. The molecule has 1 atom stereocenters. The molecular formula is C16H25N3. The Labute approximate surface area is 116 Å². The summed E-state index contributed by atoms with van der Waals surface area (Å²) in [6, 6.07) is 7.07. The summed E-state index contributed by atoms with van der Waals surface area (Å²) in [6.07, 6.45) is 5.76. The molecule has 0 N–H and O–H groups in total. The second-order valence-corrected chi connectivity index (χ2v) is 6.03. The number of aromatic nitrogens is 1. The lowest BCUT2D eigenvalue weighted by atomic mass is 10.1. The molecule has 2 heterocycles. The van der Waals surface area contributed by atoms with E-state index >= 15 is 0 Å². The third-order valence-electron chi connectivity index (χ3n) is 5.00. The normalized spacial score (nSPS) is 25.2. The van der Waals surface area contributed by atoms with E-state index in [1.54, 1.807) is 0 Å². The van der Waals surface area contributed by atoms with Crippen molar-refractivity contribution in [3.8, 4) is 0 Å². The fraction of sp³-hybridized carbons (Fsp3) is 0.688. The number of rotatable bonds is 4. The van der Waals surface area contributed by atoms with Crippen molar-refractivity contribution in [3.05, 3.63) is 30.1 Å². The summed E-state index contributed by atoms with van der Waals surface area (Å²) in [5.74, 6) is 0. The Morgan fingerprint density at radius 3 is 2.47 bits per heavy atom. The van der Waals surface area contributed by atoms with E-state index in [4.69, 9.17) is 0 Å². The van der Waals surface area contributed by atoms with E-state index in [1.165, 1.54) is 51.1 Å². The molecule has 0 bridgehead atoms. The van der Waals surface area contributed by atoms with E-state index in [-0.39, 0.29) is 5.54 Å². The van der Waals surface area contributed by atoms with Crippen molar-refractivity contribution >= 4 is 0 Å². The van der Waals surface area contributed by atoms with Crippen LogP contribution in [0.5, 0.6) is 0 Å². The average Bonchev–Trinajstić information content (AvgIpc) is 3.29. The molecule has 2 fully saturated rings. The number of pyridine rings is 1. The van der Waals surface area contributed by atoms with Gasteiger partial charge in [0.2, 0.25) is 0 Å². The zero-order chi connectivity index (χ0) is 13.3. The zero-order valence-electron chi connectivity index (χ0n) is 12.2. The Kier molecular flexibility index (Phi) is 3.59. The third-order valence-corrected chi connectivity index (χ3v) is 5.00. The second-order valence-electron chi connectivity index (χ2n) is 6.03. The molecule has 1 aliphatic heterocycles. The Morgan fingerprint density at radius 2 is 1.95 bits per heavy atom. The number of piperazine rings is 1. The van der Waals surface area contributed by atoms with Crippen LogP contribution in [0.3, 0.4) is 0 Å². The second kappa shape index (κ2) is 5.22. The number of hydrogen-bond donors (Lipinski definition) is 0. The molecule has 0 spiro atoms. The highest BCUT2D eigenvalue weighted by atomic mass is 15.3. The molecule has 0 radical (unpaired) electrons. The third kappa shape index (κ3) is 2.41. The van der Waals surface area contributed by atoms with E-state index in [0.717, 1.165) is 6.04 Å². The molecule has 1 aliphatic carbocycles. The maximum Gasteiger partial charge on any atom is 0.0636 e. The lowest BCUT2D eigenvalue weighted by Gasteiger charge is -2.41. The first-order valence-electron chi connectivity index (χ1n) is 7.67. The lowest BCUT2D eigenvalue weighted by molar-refractivity contribution is 0.0607. The molecule has 3 rings (SSSR count). The van der Waals surface area contributed by atoms with Crippen LogP contribution in [0.15, 0.2) is 24.4 Å². The van der Waals surface area contributed by atoms with Crippen LogP contribution in [0.2, 0.25) is 0 Å². The molecular weight excluding hydrogens is 234 g/mol. The van der Waals surface area contributed by atoms with Gasteiger partial charge in [0.25, 0.3) is 0 Å². The van der Waals surface area contributed by atoms with Gasteiger partial charge in [-0.05, 0) is 38.3 Å². The van der Waals surface area contributed by atoms with Gasteiger partial charge in [-0.25, -0.2) is 0 Å². The smallest absolute Gasteiger partial charge is 0.0636 e. The molecule has 2 aliphatic rings. The molecule has 104 valence electrons. The van der Waals surface area contributed by atoms with Crippen LogP contribution in [0.25, 0.3) is 0 Å². The van der Waals surface area contributed by atoms with E-state index in [1.807, 2.05) is 12.3 Å². The van der Waals surface area contributed by atoms with Gasteiger partial charge in [-0.1, -0.05) is 13.0 Å². The largest absolute Gasteiger partial charge is 0.298 e.